The number of hydrogen-bond acceptors (Lipinski definition) is 5. The maximum atomic E-state index is 6.15. The molecule has 6 heteroatoms. The molecule has 0 radical (unpaired) electrons. The third-order valence-electron chi connectivity index (χ3n) is 3.67. The molecule has 1 aromatic heterocycles. The van der Waals surface area contributed by atoms with Crippen molar-refractivity contribution >= 4 is 29.1 Å². The molecule has 0 bridgehead atoms. The molecule has 0 unspecified atom stereocenters. The van der Waals surface area contributed by atoms with Crippen molar-refractivity contribution in [3.05, 3.63) is 34.5 Å². The van der Waals surface area contributed by atoms with Gasteiger partial charge in [-0.3, -0.25) is 0 Å². The number of halogens is 1. The molecule has 0 saturated heterocycles. The van der Waals surface area contributed by atoms with Gasteiger partial charge in [-0.25, -0.2) is 4.98 Å². The van der Waals surface area contributed by atoms with E-state index in [1.807, 2.05) is 26.0 Å². The van der Waals surface area contributed by atoms with Gasteiger partial charge in [-0.15, -0.1) is 0 Å². The van der Waals surface area contributed by atoms with E-state index in [-0.39, 0.29) is 0 Å². The fourth-order valence-corrected chi connectivity index (χ4v) is 2.51. The fourth-order valence-electron chi connectivity index (χ4n) is 2.36. The summed E-state index contributed by atoms with van der Waals surface area (Å²) < 4.78 is 5.39. The highest BCUT2D eigenvalue weighted by atomic mass is 35.5. The van der Waals surface area contributed by atoms with Gasteiger partial charge < -0.3 is 15.4 Å². The van der Waals surface area contributed by atoms with Crippen molar-refractivity contribution in [2.24, 2.45) is 0 Å². The standard InChI is InChI=1S/C18H25ClN4O/c1-5-6-7-8-20-17-10-13(3)21-18(23-17)22-15-9-12(2)14(19)11-16(15)24-4/h9-11H,5-8H2,1-4H3,(H2,20,21,22,23). The van der Waals surface area contributed by atoms with Crippen LogP contribution in [0.1, 0.15) is 37.4 Å². The average Bonchev–Trinajstić information content (AvgIpc) is 2.54. The first-order chi connectivity index (χ1) is 11.5. The molecule has 0 atom stereocenters. The summed E-state index contributed by atoms with van der Waals surface area (Å²) in [5, 5.41) is 7.25. The van der Waals surface area contributed by atoms with E-state index >= 15 is 0 Å². The van der Waals surface area contributed by atoms with Gasteiger partial charge in [-0.05, 0) is 31.9 Å². The van der Waals surface area contributed by atoms with Crippen molar-refractivity contribution in [1.29, 1.82) is 0 Å². The van der Waals surface area contributed by atoms with Gasteiger partial charge in [0.25, 0.3) is 0 Å². The Hall–Kier alpha value is -2.01. The van der Waals surface area contributed by atoms with Crippen LogP contribution in [0.25, 0.3) is 0 Å². The van der Waals surface area contributed by atoms with E-state index in [1.165, 1.54) is 12.8 Å². The van der Waals surface area contributed by atoms with Crippen LogP contribution in [-0.2, 0) is 0 Å². The maximum Gasteiger partial charge on any atom is 0.229 e. The summed E-state index contributed by atoms with van der Waals surface area (Å²) in [5.74, 6) is 2.02. The van der Waals surface area contributed by atoms with Crippen LogP contribution in [0.15, 0.2) is 18.2 Å². The molecule has 1 heterocycles. The number of anilines is 3. The first kappa shape index (κ1) is 18.3. The van der Waals surface area contributed by atoms with Gasteiger partial charge in [-0.2, -0.15) is 4.98 Å². The second kappa shape index (κ2) is 8.73. The maximum absolute atomic E-state index is 6.15. The lowest BCUT2D eigenvalue weighted by Crippen LogP contribution is -2.07. The molecule has 130 valence electrons. The number of hydrogen-bond donors (Lipinski definition) is 2. The SMILES string of the molecule is CCCCCNc1cc(C)nc(Nc2cc(C)c(Cl)cc2OC)n1. The Labute approximate surface area is 148 Å². The number of methoxy groups -OCH3 is 1. The van der Waals surface area contributed by atoms with Gasteiger partial charge in [0, 0.05) is 29.4 Å². The summed E-state index contributed by atoms with van der Waals surface area (Å²) in [4.78, 5) is 8.98. The van der Waals surface area contributed by atoms with Crippen molar-refractivity contribution in [2.75, 3.05) is 24.3 Å². The van der Waals surface area contributed by atoms with Crippen LogP contribution in [0.3, 0.4) is 0 Å². The van der Waals surface area contributed by atoms with Gasteiger partial charge >= 0.3 is 0 Å². The molecule has 24 heavy (non-hydrogen) atoms. The van der Waals surface area contributed by atoms with Crippen LogP contribution in [0.2, 0.25) is 5.02 Å². The normalized spacial score (nSPS) is 10.5. The molecule has 0 amide bonds. The lowest BCUT2D eigenvalue weighted by atomic mass is 10.2. The van der Waals surface area contributed by atoms with Crippen molar-refractivity contribution in [1.82, 2.24) is 9.97 Å². The molecule has 0 aliphatic rings. The zero-order chi connectivity index (χ0) is 17.5. The number of benzene rings is 1. The van der Waals surface area contributed by atoms with E-state index in [1.54, 1.807) is 13.2 Å². The minimum Gasteiger partial charge on any atom is -0.495 e. The summed E-state index contributed by atoms with van der Waals surface area (Å²) in [5.41, 5.74) is 2.66. The van der Waals surface area contributed by atoms with Crippen molar-refractivity contribution in [3.8, 4) is 5.75 Å². The number of rotatable bonds is 8. The Morgan fingerprint density at radius 2 is 1.92 bits per heavy atom. The monoisotopic (exact) mass is 348 g/mol. The van der Waals surface area contributed by atoms with E-state index in [0.717, 1.165) is 35.7 Å². The summed E-state index contributed by atoms with van der Waals surface area (Å²) in [6, 6.07) is 5.67. The van der Waals surface area contributed by atoms with Crippen LogP contribution in [-0.4, -0.2) is 23.6 Å². The third-order valence-corrected chi connectivity index (χ3v) is 4.08. The molecule has 0 aliphatic heterocycles. The van der Waals surface area contributed by atoms with E-state index in [2.05, 4.69) is 27.5 Å². The lowest BCUT2D eigenvalue weighted by Gasteiger charge is -2.13. The van der Waals surface area contributed by atoms with Gasteiger partial charge in [0.15, 0.2) is 0 Å². The zero-order valence-corrected chi connectivity index (χ0v) is 15.5. The number of aromatic nitrogens is 2. The van der Waals surface area contributed by atoms with E-state index in [4.69, 9.17) is 16.3 Å². The highest BCUT2D eigenvalue weighted by Gasteiger charge is 2.10. The number of nitrogens with zero attached hydrogens (tertiary/aromatic N) is 2. The molecule has 5 nitrogen and oxygen atoms in total. The van der Waals surface area contributed by atoms with Crippen LogP contribution in [0.4, 0.5) is 17.5 Å². The first-order valence-electron chi connectivity index (χ1n) is 8.24. The molecule has 0 aliphatic carbocycles. The largest absolute Gasteiger partial charge is 0.495 e. The smallest absolute Gasteiger partial charge is 0.229 e. The van der Waals surface area contributed by atoms with Crippen LogP contribution >= 0.6 is 11.6 Å². The highest BCUT2D eigenvalue weighted by Crippen LogP contribution is 2.32. The summed E-state index contributed by atoms with van der Waals surface area (Å²) >= 11 is 6.15. The Bertz CT molecular complexity index is 691. The first-order valence-corrected chi connectivity index (χ1v) is 8.62. The predicted octanol–water partition coefficient (Wildman–Crippen LogP) is 5.10. The van der Waals surface area contributed by atoms with Crippen LogP contribution in [0, 0.1) is 13.8 Å². The molecule has 1 aromatic carbocycles. The topological polar surface area (TPSA) is 59.1 Å². The average molecular weight is 349 g/mol. The molecular formula is C18H25ClN4O. The Kier molecular flexibility index (Phi) is 6.67. The zero-order valence-electron chi connectivity index (χ0n) is 14.7. The quantitative estimate of drug-likeness (QED) is 0.650. The van der Waals surface area contributed by atoms with Crippen LogP contribution in [0.5, 0.6) is 5.75 Å². The highest BCUT2D eigenvalue weighted by molar-refractivity contribution is 6.31. The van der Waals surface area contributed by atoms with E-state index < -0.39 is 0 Å². The predicted molar refractivity (Wildman–Crippen MR) is 101 cm³/mol. The third kappa shape index (κ3) is 4.99. The summed E-state index contributed by atoms with van der Waals surface area (Å²) in [7, 11) is 1.62. The second-order valence-electron chi connectivity index (χ2n) is 5.78. The van der Waals surface area contributed by atoms with E-state index in [9.17, 15) is 0 Å². The van der Waals surface area contributed by atoms with Gasteiger partial charge in [0.2, 0.25) is 5.95 Å². The van der Waals surface area contributed by atoms with E-state index in [0.29, 0.717) is 16.7 Å². The van der Waals surface area contributed by atoms with Crippen LogP contribution < -0.4 is 15.4 Å². The van der Waals surface area contributed by atoms with Crippen molar-refractivity contribution in [3.63, 3.8) is 0 Å². The van der Waals surface area contributed by atoms with Crippen molar-refractivity contribution < 1.29 is 4.74 Å². The second-order valence-corrected chi connectivity index (χ2v) is 6.19. The summed E-state index contributed by atoms with van der Waals surface area (Å²) in [6.07, 6.45) is 3.54. The minimum atomic E-state index is 0.535. The molecule has 0 fully saturated rings. The van der Waals surface area contributed by atoms with Gasteiger partial charge in [0.05, 0.1) is 12.8 Å². The minimum absolute atomic E-state index is 0.535. The molecule has 2 aromatic rings. The van der Waals surface area contributed by atoms with Gasteiger partial charge in [0.1, 0.15) is 11.6 Å². The Balaban J connectivity index is 2.17. The number of nitrogens with one attached hydrogen (secondary N) is 2. The molecule has 2 rings (SSSR count). The number of aryl methyl sites for hydroxylation is 2. The molecule has 2 N–H and O–H groups in total. The Morgan fingerprint density at radius 3 is 2.62 bits per heavy atom. The summed E-state index contributed by atoms with van der Waals surface area (Å²) in [6.45, 7) is 7.00. The lowest BCUT2D eigenvalue weighted by molar-refractivity contribution is 0.416. The number of unbranched alkanes of at least 4 members (excludes halogenated alkanes) is 2. The molecule has 0 spiro atoms. The Morgan fingerprint density at radius 1 is 1.12 bits per heavy atom. The molecule has 0 saturated carbocycles. The molecular weight excluding hydrogens is 324 g/mol. The van der Waals surface area contributed by atoms with Gasteiger partial charge in [-0.1, -0.05) is 31.4 Å². The number of ether oxygens (including phenoxy) is 1. The van der Waals surface area contributed by atoms with Crippen molar-refractivity contribution in [2.45, 2.75) is 40.0 Å². The fraction of sp³-hybridized carbons (Fsp3) is 0.444.